The highest BCUT2D eigenvalue weighted by Gasteiger charge is 2.33. The summed E-state index contributed by atoms with van der Waals surface area (Å²) >= 11 is 0. The molecule has 0 saturated carbocycles. The highest BCUT2D eigenvalue weighted by molar-refractivity contribution is 5.88. The Bertz CT molecular complexity index is 386. The number of ether oxygens (including phenoxy) is 1. The Kier molecular flexibility index (Phi) is 7.14. The van der Waals surface area contributed by atoms with Crippen LogP contribution >= 0.6 is 0 Å². The van der Waals surface area contributed by atoms with Crippen LogP contribution in [0.1, 0.15) is 33.1 Å². The van der Waals surface area contributed by atoms with E-state index in [1.807, 2.05) is 6.92 Å². The molecule has 120 valence electrons. The van der Waals surface area contributed by atoms with Crippen molar-refractivity contribution in [1.29, 1.82) is 0 Å². The first kappa shape index (κ1) is 17.4. The molecule has 1 heterocycles. The number of nitrogens with zero attached hydrogens (tertiary/aromatic N) is 1. The monoisotopic (exact) mass is 300 g/mol. The average Bonchev–Trinajstić information content (AvgIpc) is 2.43. The quantitative estimate of drug-likeness (QED) is 0.702. The maximum absolute atomic E-state index is 12.3. The molecule has 2 amide bonds. The third-order valence-corrected chi connectivity index (χ3v) is 3.35. The maximum atomic E-state index is 12.3. The van der Waals surface area contributed by atoms with E-state index in [0.717, 1.165) is 6.42 Å². The number of hydrogen-bond donors (Lipinski definition) is 2. The van der Waals surface area contributed by atoms with Crippen LogP contribution in [0.25, 0.3) is 0 Å². The van der Waals surface area contributed by atoms with Crippen molar-refractivity contribution >= 4 is 17.8 Å². The fourth-order valence-corrected chi connectivity index (χ4v) is 2.27. The third-order valence-electron chi connectivity index (χ3n) is 3.35. The summed E-state index contributed by atoms with van der Waals surface area (Å²) in [7, 11) is 0. The largest absolute Gasteiger partial charge is 0.481 e. The van der Waals surface area contributed by atoms with Gasteiger partial charge in [0.1, 0.15) is 6.04 Å². The predicted octanol–water partition coefficient (Wildman–Crippen LogP) is 0.241. The van der Waals surface area contributed by atoms with E-state index in [0.29, 0.717) is 19.7 Å². The number of amides is 2. The number of carbonyl (C=O) groups excluding carboxylic acids is 2. The van der Waals surface area contributed by atoms with E-state index < -0.39 is 12.0 Å². The molecule has 1 saturated heterocycles. The Morgan fingerprint density at radius 1 is 1.38 bits per heavy atom. The summed E-state index contributed by atoms with van der Waals surface area (Å²) in [5.41, 5.74) is 0. The predicted molar refractivity (Wildman–Crippen MR) is 75.7 cm³/mol. The zero-order valence-electron chi connectivity index (χ0n) is 12.6. The standard InChI is InChI=1S/C14H24N2O5/c1-3-4-15-14(20)11-9-21-6-5-16(11)12(17)7-10(2)8-13(18)19/h10-11H,3-9H2,1-2H3,(H,15,20)(H,18,19). The molecule has 7 heteroatoms. The number of carboxylic acid groups (broad SMARTS) is 1. The lowest BCUT2D eigenvalue weighted by Crippen LogP contribution is -2.56. The minimum Gasteiger partial charge on any atom is -0.481 e. The van der Waals surface area contributed by atoms with Gasteiger partial charge in [-0.1, -0.05) is 13.8 Å². The molecule has 7 nitrogen and oxygen atoms in total. The van der Waals surface area contributed by atoms with E-state index in [9.17, 15) is 14.4 Å². The molecule has 0 aromatic carbocycles. The van der Waals surface area contributed by atoms with Crippen molar-refractivity contribution in [3.63, 3.8) is 0 Å². The first-order chi connectivity index (χ1) is 9.95. The lowest BCUT2D eigenvalue weighted by atomic mass is 10.0. The number of nitrogens with one attached hydrogen (secondary N) is 1. The van der Waals surface area contributed by atoms with Crippen LogP contribution < -0.4 is 5.32 Å². The topological polar surface area (TPSA) is 95.9 Å². The number of rotatable bonds is 7. The SMILES string of the molecule is CCCNC(=O)C1COCCN1C(=O)CC(C)CC(=O)O. The molecule has 21 heavy (non-hydrogen) atoms. The van der Waals surface area contributed by atoms with Gasteiger partial charge in [0.15, 0.2) is 0 Å². The van der Waals surface area contributed by atoms with E-state index in [1.165, 1.54) is 4.90 Å². The molecule has 1 rings (SSSR count). The number of morpholine rings is 1. The van der Waals surface area contributed by atoms with Crippen LogP contribution in [0.2, 0.25) is 0 Å². The number of carboxylic acids is 1. The molecule has 1 fully saturated rings. The summed E-state index contributed by atoms with van der Waals surface area (Å²) in [6.07, 6.45) is 0.898. The van der Waals surface area contributed by atoms with Gasteiger partial charge in [0.05, 0.1) is 13.2 Å². The Balaban J connectivity index is 2.61. The summed E-state index contributed by atoms with van der Waals surface area (Å²) in [6, 6.07) is -0.616. The number of aliphatic carboxylic acids is 1. The van der Waals surface area contributed by atoms with Crippen LogP contribution in [-0.4, -0.2) is 60.1 Å². The highest BCUT2D eigenvalue weighted by atomic mass is 16.5. The van der Waals surface area contributed by atoms with Crippen molar-refractivity contribution < 1.29 is 24.2 Å². The molecule has 0 aliphatic carbocycles. The van der Waals surface area contributed by atoms with Crippen molar-refractivity contribution in [2.45, 2.75) is 39.2 Å². The highest BCUT2D eigenvalue weighted by Crippen LogP contribution is 2.14. The Labute approximate surface area is 124 Å². The molecule has 1 aliphatic rings. The molecule has 0 aromatic heterocycles. The molecule has 1 aliphatic heterocycles. The summed E-state index contributed by atoms with van der Waals surface area (Å²) in [5.74, 6) is -1.58. The zero-order chi connectivity index (χ0) is 15.8. The van der Waals surface area contributed by atoms with Crippen molar-refractivity contribution in [1.82, 2.24) is 10.2 Å². The maximum Gasteiger partial charge on any atom is 0.303 e. The molecule has 0 radical (unpaired) electrons. The zero-order valence-corrected chi connectivity index (χ0v) is 12.6. The van der Waals surface area contributed by atoms with Crippen molar-refractivity contribution in [3.8, 4) is 0 Å². The van der Waals surface area contributed by atoms with E-state index in [1.54, 1.807) is 6.92 Å². The number of hydrogen-bond acceptors (Lipinski definition) is 4. The summed E-state index contributed by atoms with van der Waals surface area (Å²) in [5, 5.41) is 11.5. The van der Waals surface area contributed by atoms with Crippen molar-refractivity contribution in [2.24, 2.45) is 5.92 Å². The van der Waals surface area contributed by atoms with E-state index in [-0.39, 0.29) is 37.2 Å². The molecule has 2 unspecified atom stereocenters. The third kappa shape index (κ3) is 5.71. The van der Waals surface area contributed by atoms with Crippen LogP contribution in [0.15, 0.2) is 0 Å². The normalized spacial score (nSPS) is 19.9. The lowest BCUT2D eigenvalue weighted by Gasteiger charge is -2.35. The average molecular weight is 300 g/mol. The summed E-state index contributed by atoms with van der Waals surface area (Å²) in [4.78, 5) is 36.5. The van der Waals surface area contributed by atoms with Crippen molar-refractivity contribution in [2.75, 3.05) is 26.3 Å². The van der Waals surface area contributed by atoms with Crippen LogP contribution in [0, 0.1) is 5.92 Å². The smallest absolute Gasteiger partial charge is 0.303 e. The van der Waals surface area contributed by atoms with Gasteiger partial charge in [0.25, 0.3) is 0 Å². The fourth-order valence-electron chi connectivity index (χ4n) is 2.27. The van der Waals surface area contributed by atoms with Gasteiger partial charge in [-0.3, -0.25) is 14.4 Å². The molecule has 2 atom stereocenters. The van der Waals surface area contributed by atoms with Crippen LogP contribution in [0.4, 0.5) is 0 Å². The van der Waals surface area contributed by atoms with Gasteiger partial charge in [-0.25, -0.2) is 0 Å². The second-order valence-electron chi connectivity index (χ2n) is 5.38. The fraction of sp³-hybridized carbons (Fsp3) is 0.786. The Hall–Kier alpha value is -1.63. The van der Waals surface area contributed by atoms with Gasteiger partial charge in [-0.05, 0) is 12.3 Å². The second kappa shape index (κ2) is 8.61. The molecule has 0 bridgehead atoms. The second-order valence-corrected chi connectivity index (χ2v) is 5.38. The molecular formula is C14H24N2O5. The molecule has 0 spiro atoms. The summed E-state index contributed by atoms with van der Waals surface area (Å²) in [6.45, 7) is 5.19. The first-order valence-corrected chi connectivity index (χ1v) is 7.32. The van der Waals surface area contributed by atoms with Gasteiger partial charge in [-0.2, -0.15) is 0 Å². The summed E-state index contributed by atoms with van der Waals surface area (Å²) < 4.78 is 5.28. The van der Waals surface area contributed by atoms with Crippen LogP contribution in [-0.2, 0) is 19.1 Å². The van der Waals surface area contributed by atoms with Gasteiger partial charge in [0, 0.05) is 25.9 Å². The van der Waals surface area contributed by atoms with Crippen LogP contribution in [0.5, 0.6) is 0 Å². The molecule has 2 N–H and O–H groups in total. The van der Waals surface area contributed by atoms with Gasteiger partial charge < -0.3 is 20.1 Å². The van der Waals surface area contributed by atoms with E-state index in [2.05, 4.69) is 5.32 Å². The first-order valence-electron chi connectivity index (χ1n) is 7.32. The van der Waals surface area contributed by atoms with Crippen molar-refractivity contribution in [3.05, 3.63) is 0 Å². The van der Waals surface area contributed by atoms with Crippen LogP contribution in [0.3, 0.4) is 0 Å². The Morgan fingerprint density at radius 3 is 2.71 bits per heavy atom. The van der Waals surface area contributed by atoms with Gasteiger partial charge in [0.2, 0.25) is 11.8 Å². The minimum atomic E-state index is -0.922. The molecule has 0 aromatic rings. The van der Waals surface area contributed by atoms with Gasteiger partial charge >= 0.3 is 5.97 Å². The van der Waals surface area contributed by atoms with Gasteiger partial charge in [-0.15, -0.1) is 0 Å². The van der Waals surface area contributed by atoms with E-state index in [4.69, 9.17) is 9.84 Å². The lowest BCUT2D eigenvalue weighted by molar-refractivity contribution is -0.149. The minimum absolute atomic E-state index is 0.0528. The number of carbonyl (C=O) groups is 3. The van der Waals surface area contributed by atoms with E-state index >= 15 is 0 Å². The Morgan fingerprint density at radius 2 is 2.10 bits per heavy atom. The molecular weight excluding hydrogens is 276 g/mol.